The number of ether oxygens (including phenoxy) is 1. The summed E-state index contributed by atoms with van der Waals surface area (Å²) in [4.78, 5) is 14.8. The van der Waals surface area contributed by atoms with Gasteiger partial charge in [0.25, 0.3) is 0 Å². The van der Waals surface area contributed by atoms with Crippen LogP contribution in [0.5, 0.6) is 0 Å². The lowest BCUT2D eigenvalue weighted by molar-refractivity contribution is -0.170. The van der Waals surface area contributed by atoms with E-state index in [1.807, 2.05) is 6.92 Å². The molecule has 0 aromatic rings. The molecule has 0 unspecified atom stereocenters. The molecule has 96 valence electrons. The first-order valence-electron chi connectivity index (χ1n) is 6.63. The standard InChI is InChI=1S/C13H21NO3/c1-12-4-6-14(7-5-12)13(8-15,11(12)16)9-17-10-2-3-10/h10,15H,2-9H2,1H3/t13-/m1/s1. The van der Waals surface area contributed by atoms with Crippen LogP contribution in [0, 0.1) is 5.41 Å². The summed E-state index contributed by atoms with van der Waals surface area (Å²) in [5, 5.41) is 9.74. The molecule has 4 fully saturated rings. The van der Waals surface area contributed by atoms with Gasteiger partial charge in [0.1, 0.15) is 5.54 Å². The number of ketones is 1. The lowest BCUT2D eigenvalue weighted by Gasteiger charge is -2.56. The van der Waals surface area contributed by atoms with Gasteiger partial charge in [0, 0.05) is 18.5 Å². The summed E-state index contributed by atoms with van der Waals surface area (Å²) in [6.45, 7) is 4.15. The van der Waals surface area contributed by atoms with E-state index in [4.69, 9.17) is 4.74 Å². The zero-order chi connectivity index (χ0) is 12.1. The summed E-state index contributed by atoms with van der Waals surface area (Å²) in [6.07, 6.45) is 4.40. The minimum Gasteiger partial charge on any atom is -0.394 e. The highest BCUT2D eigenvalue weighted by atomic mass is 16.5. The number of carbonyl (C=O) groups is 1. The van der Waals surface area contributed by atoms with Crippen molar-refractivity contribution < 1.29 is 14.6 Å². The Kier molecular flexibility index (Phi) is 2.58. The zero-order valence-corrected chi connectivity index (χ0v) is 10.4. The van der Waals surface area contributed by atoms with Crippen LogP contribution in [0.4, 0.5) is 0 Å². The smallest absolute Gasteiger partial charge is 0.163 e. The van der Waals surface area contributed by atoms with Gasteiger partial charge < -0.3 is 9.84 Å². The summed E-state index contributed by atoms with van der Waals surface area (Å²) in [6, 6.07) is 0. The molecule has 3 saturated heterocycles. The molecule has 17 heavy (non-hydrogen) atoms. The third-order valence-corrected chi connectivity index (χ3v) is 4.79. The van der Waals surface area contributed by atoms with E-state index in [2.05, 4.69) is 4.90 Å². The highest BCUT2D eigenvalue weighted by Crippen LogP contribution is 2.45. The van der Waals surface area contributed by atoms with Gasteiger partial charge in [-0.2, -0.15) is 0 Å². The van der Waals surface area contributed by atoms with Gasteiger partial charge in [-0.3, -0.25) is 9.69 Å². The van der Waals surface area contributed by atoms with Crippen LogP contribution < -0.4 is 0 Å². The van der Waals surface area contributed by atoms with Gasteiger partial charge in [0.05, 0.1) is 19.3 Å². The molecule has 1 aliphatic carbocycles. The Labute approximate surface area is 102 Å². The zero-order valence-electron chi connectivity index (χ0n) is 10.4. The van der Waals surface area contributed by atoms with Gasteiger partial charge in [-0.15, -0.1) is 0 Å². The predicted octanol–water partition coefficient (Wildman–Crippen LogP) is 0.581. The third-order valence-electron chi connectivity index (χ3n) is 4.79. The van der Waals surface area contributed by atoms with Crippen LogP contribution in [-0.4, -0.2) is 53.7 Å². The lowest BCUT2D eigenvalue weighted by Crippen LogP contribution is -2.72. The fraction of sp³-hybridized carbons (Fsp3) is 0.923. The van der Waals surface area contributed by atoms with Crippen LogP contribution in [0.2, 0.25) is 0 Å². The number of hydrogen-bond acceptors (Lipinski definition) is 4. The first kappa shape index (κ1) is 11.6. The molecule has 3 aliphatic heterocycles. The van der Waals surface area contributed by atoms with E-state index in [0.29, 0.717) is 12.7 Å². The molecule has 4 aliphatic rings. The van der Waals surface area contributed by atoms with Crippen molar-refractivity contribution in [1.82, 2.24) is 4.90 Å². The van der Waals surface area contributed by atoms with Gasteiger partial charge in [0.15, 0.2) is 5.78 Å². The molecule has 0 aromatic heterocycles. The van der Waals surface area contributed by atoms with Gasteiger partial charge >= 0.3 is 0 Å². The van der Waals surface area contributed by atoms with Crippen LogP contribution in [0.1, 0.15) is 32.6 Å². The quantitative estimate of drug-likeness (QED) is 0.779. The molecule has 4 rings (SSSR count). The second-order valence-electron chi connectivity index (χ2n) is 6.08. The second kappa shape index (κ2) is 3.77. The predicted molar refractivity (Wildman–Crippen MR) is 62.7 cm³/mol. The monoisotopic (exact) mass is 239 g/mol. The van der Waals surface area contributed by atoms with E-state index in [9.17, 15) is 9.90 Å². The minimum atomic E-state index is -0.742. The number of carbonyl (C=O) groups excluding carboxylic acids is 1. The fourth-order valence-corrected chi connectivity index (χ4v) is 3.23. The van der Waals surface area contributed by atoms with E-state index in [1.54, 1.807) is 0 Å². The van der Waals surface area contributed by atoms with Gasteiger partial charge in [-0.1, -0.05) is 6.92 Å². The van der Waals surface area contributed by atoms with Crippen molar-refractivity contribution in [2.24, 2.45) is 5.41 Å². The largest absolute Gasteiger partial charge is 0.394 e. The SMILES string of the molecule is CC12CCN(CC1)[C@](CO)(COC1CC1)C2=O. The molecule has 4 heteroatoms. The molecule has 4 nitrogen and oxygen atoms in total. The number of nitrogens with zero attached hydrogens (tertiary/aromatic N) is 1. The maximum atomic E-state index is 12.6. The summed E-state index contributed by atoms with van der Waals surface area (Å²) >= 11 is 0. The second-order valence-corrected chi connectivity index (χ2v) is 6.08. The molecular weight excluding hydrogens is 218 g/mol. The number of rotatable bonds is 4. The van der Waals surface area contributed by atoms with Crippen LogP contribution in [0.3, 0.4) is 0 Å². The van der Waals surface area contributed by atoms with E-state index in [1.165, 1.54) is 0 Å². The van der Waals surface area contributed by atoms with Crippen molar-refractivity contribution in [3.8, 4) is 0 Å². The molecule has 2 bridgehead atoms. The number of Topliss-reactive ketones (excluding diaryl/α,β-unsaturated/α-hetero) is 1. The number of hydrogen-bond donors (Lipinski definition) is 1. The summed E-state index contributed by atoms with van der Waals surface area (Å²) in [5.74, 6) is 0.200. The van der Waals surface area contributed by atoms with Crippen molar-refractivity contribution in [1.29, 1.82) is 0 Å². The topological polar surface area (TPSA) is 49.8 Å². The Bertz CT molecular complexity index is 332. The fourth-order valence-electron chi connectivity index (χ4n) is 3.23. The molecule has 3 heterocycles. The summed E-state index contributed by atoms with van der Waals surface area (Å²) in [7, 11) is 0. The summed E-state index contributed by atoms with van der Waals surface area (Å²) in [5.41, 5.74) is -0.974. The highest BCUT2D eigenvalue weighted by molar-refractivity contribution is 5.95. The molecule has 1 atom stereocenters. The van der Waals surface area contributed by atoms with Crippen molar-refractivity contribution in [2.75, 3.05) is 26.3 Å². The average molecular weight is 239 g/mol. The Morgan fingerprint density at radius 3 is 2.59 bits per heavy atom. The van der Waals surface area contributed by atoms with Gasteiger partial charge in [-0.25, -0.2) is 0 Å². The van der Waals surface area contributed by atoms with E-state index in [0.717, 1.165) is 38.8 Å². The third kappa shape index (κ3) is 1.65. The Balaban J connectivity index is 1.83. The first-order valence-corrected chi connectivity index (χ1v) is 6.63. The molecule has 0 spiro atoms. The maximum absolute atomic E-state index is 12.6. The minimum absolute atomic E-state index is 0.103. The van der Waals surface area contributed by atoms with Gasteiger partial charge in [-0.05, 0) is 25.7 Å². The van der Waals surface area contributed by atoms with Crippen LogP contribution in [0.25, 0.3) is 0 Å². The van der Waals surface area contributed by atoms with Crippen LogP contribution in [0.15, 0.2) is 0 Å². The summed E-state index contributed by atoms with van der Waals surface area (Å²) < 4.78 is 5.73. The molecular formula is C13H21NO3. The van der Waals surface area contributed by atoms with Crippen molar-refractivity contribution >= 4 is 5.78 Å². The average Bonchev–Trinajstić information content (AvgIpc) is 3.15. The molecule has 0 aromatic carbocycles. The normalized spacial score (nSPS) is 45.3. The van der Waals surface area contributed by atoms with Crippen LogP contribution >= 0.6 is 0 Å². The Morgan fingerprint density at radius 2 is 2.06 bits per heavy atom. The van der Waals surface area contributed by atoms with E-state index in [-0.39, 0.29) is 17.8 Å². The number of fused-ring (bicyclic) bond motifs is 3. The molecule has 1 saturated carbocycles. The van der Waals surface area contributed by atoms with Crippen molar-refractivity contribution in [2.45, 2.75) is 44.2 Å². The van der Waals surface area contributed by atoms with E-state index >= 15 is 0 Å². The van der Waals surface area contributed by atoms with Crippen molar-refractivity contribution in [3.05, 3.63) is 0 Å². The Morgan fingerprint density at radius 1 is 1.41 bits per heavy atom. The first-order chi connectivity index (χ1) is 8.11. The van der Waals surface area contributed by atoms with E-state index < -0.39 is 5.54 Å². The lowest BCUT2D eigenvalue weighted by atomic mass is 9.64. The maximum Gasteiger partial charge on any atom is 0.163 e. The van der Waals surface area contributed by atoms with Crippen LogP contribution in [-0.2, 0) is 9.53 Å². The van der Waals surface area contributed by atoms with Crippen molar-refractivity contribution in [3.63, 3.8) is 0 Å². The Hall–Kier alpha value is -0.450. The molecule has 0 radical (unpaired) electrons. The number of piperidine rings is 3. The number of aliphatic hydroxyl groups is 1. The molecule has 0 amide bonds. The van der Waals surface area contributed by atoms with Gasteiger partial charge in [0.2, 0.25) is 0 Å². The highest BCUT2D eigenvalue weighted by Gasteiger charge is 2.58. The molecule has 1 N–H and O–H groups in total. The number of aliphatic hydroxyl groups excluding tert-OH is 1.